The second-order valence-electron chi connectivity index (χ2n) is 6.00. The van der Waals surface area contributed by atoms with Crippen LogP contribution in [0.4, 0.5) is 0 Å². The maximum Gasteiger partial charge on any atom is 0.289 e. The van der Waals surface area contributed by atoms with Gasteiger partial charge in [-0.15, -0.1) is 0 Å². The number of aromatic amines is 1. The Morgan fingerprint density at radius 2 is 2.09 bits per heavy atom. The molecule has 0 unspecified atom stereocenters. The van der Waals surface area contributed by atoms with Gasteiger partial charge in [-0.2, -0.15) is 0 Å². The van der Waals surface area contributed by atoms with Gasteiger partial charge in [-0.3, -0.25) is 4.79 Å². The summed E-state index contributed by atoms with van der Waals surface area (Å²) in [5.41, 5.74) is 3.09. The van der Waals surface area contributed by atoms with Crippen LogP contribution in [0.2, 0.25) is 0 Å². The van der Waals surface area contributed by atoms with Gasteiger partial charge in [0.1, 0.15) is 0 Å². The molecule has 1 aliphatic rings. The number of hydrogen-bond acceptors (Lipinski definition) is 3. The summed E-state index contributed by atoms with van der Waals surface area (Å²) in [6.45, 7) is 3.54. The molecule has 1 fully saturated rings. The number of amides is 1. The van der Waals surface area contributed by atoms with Crippen molar-refractivity contribution in [2.45, 2.75) is 26.4 Å². The largest absolute Gasteiger partial charge is 0.392 e. The highest BCUT2D eigenvalue weighted by molar-refractivity contribution is 5.90. The van der Waals surface area contributed by atoms with Crippen LogP contribution >= 0.6 is 0 Å². The third kappa shape index (κ3) is 3.20. The first-order valence-electron chi connectivity index (χ1n) is 7.65. The standard InChI is InChI=1S/C17H21N3O2/c1-12-9-18-16(19-12)17(22)20-7-6-15(10-20)8-13-2-4-14(11-21)5-3-13/h2-5,9,15,21H,6-8,10-11H2,1H3,(H,18,19)/t15-/m1/s1. The summed E-state index contributed by atoms with van der Waals surface area (Å²) >= 11 is 0. The van der Waals surface area contributed by atoms with Crippen LogP contribution in [0.5, 0.6) is 0 Å². The number of rotatable bonds is 4. The van der Waals surface area contributed by atoms with Crippen molar-refractivity contribution in [3.63, 3.8) is 0 Å². The molecular weight excluding hydrogens is 278 g/mol. The summed E-state index contributed by atoms with van der Waals surface area (Å²) in [6.07, 6.45) is 3.67. The summed E-state index contributed by atoms with van der Waals surface area (Å²) in [4.78, 5) is 21.3. The third-order valence-corrected chi connectivity index (χ3v) is 4.21. The monoisotopic (exact) mass is 299 g/mol. The van der Waals surface area contributed by atoms with E-state index in [4.69, 9.17) is 5.11 Å². The number of hydrogen-bond donors (Lipinski definition) is 2. The minimum Gasteiger partial charge on any atom is -0.392 e. The number of aryl methyl sites for hydroxylation is 1. The van der Waals surface area contributed by atoms with E-state index in [2.05, 4.69) is 22.1 Å². The molecule has 0 aliphatic carbocycles. The van der Waals surface area contributed by atoms with Crippen LogP contribution in [-0.2, 0) is 13.0 Å². The molecule has 1 aliphatic heterocycles. The average molecular weight is 299 g/mol. The normalized spacial score (nSPS) is 17.9. The number of imidazole rings is 1. The van der Waals surface area contributed by atoms with E-state index >= 15 is 0 Å². The fourth-order valence-corrected chi connectivity index (χ4v) is 2.97. The molecule has 1 saturated heterocycles. The summed E-state index contributed by atoms with van der Waals surface area (Å²) < 4.78 is 0. The number of likely N-dealkylation sites (tertiary alicyclic amines) is 1. The fourth-order valence-electron chi connectivity index (χ4n) is 2.97. The number of nitrogens with zero attached hydrogens (tertiary/aromatic N) is 2. The zero-order chi connectivity index (χ0) is 15.5. The lowest BCUT2D eigenvalue weighted by atomic mass is 9.98. The number of benzene rings is 1. The van der Waals surface area contributed by atoms with Crippen molar-refractivity contribution in [1.82, 2.24) is 14.9 Å². The van der Waals surface area contributed by atoms with E-state index in [0.29, 0.717) is 11.7 Å². The van der Waals surface area contributed by atoms with Crippen LogP contribution in [0.1, 0.15) is 33.9 Å². The quantitative estimate of drug-likeness (QED) is 0.906. The SMILES string of the molecule is Cc1cnc(C(=O)N2CC[C@H](Cc3ccc(CO)cc3)C2)[nH]1. The number of nitrogens with one attached hydrogen (secondary N) is 1. The number of aromatic nitrogens is 2. The first-order valence-corrected chi connectivity index (χ1v) is 7.65. The van der Waals surface area contributed by atoms with Crippen molar-refractivity contribution in [3.05, 3.63) is 53.1 Å². The number of carbonyl (C=O) groups excluding carboxylic acids is 1. The fraction of sp³-hybridized carbons (Fsp3) is 0.412. The van der Waals surface area contributed by atoms with E-state index in [1.807, 2.05) is 24.0 Å². The Labute approximate surface area is 130 Å². The van der Waals surface area contributed by atoms with E-state index in [-0.39, 0.29) is 12.5 Å². The highest BCUT2D eigenvalue weighted by atomic mass is 16.3. The lowest BCUT2D eigenvalue weighted by Crippen LogP contribution is -2.29. The smallest absolute Gasteiger partial charge is 0.289 e. The van der Waals surface area contributed by atoms with Crippen molar-refractivity contribution in [1.29, 1.82) is 0 Å². The molecule has 1 atom stereocenters. The van der Waals surface area contributed by atoms with Gasteiger partial charge in [0.2, 0.25) is 0 Å². The van der Waals surface area contributed by atoms with Crippen LogP contribution in [0.25, 0.3) is 0 Å². The zero-order valence-electron chi connectivity index (χ0n) is 12.7. The van der Waals surface area contributed by atoms with Crippen LogP contribution in [-0.4, -0.2) is 39.0 Å². The second-order valence-corrected chi connectivity index (χ2v) is 6.00. The first-order chi connectivity index (χ1) is 10.7. The molecule has 3 rings (SSSR count). The molecule has 2 aromatic rings. The average Bonchev–Trinajstić information content (AvgIpc) is 3.16. The predicted octanol–water partition coefficient (Wildman–Crippen LogP) is 1.92. The minimum absolute atomic E-state index is 0.00812. The molecule has 0 spiro atoms. The first kappa shape index (κ1) is 14.8. The molecule has 5 nitrogen and oxygen atoms in total. The molecule has 116 valence electrons. The molecular formula is C17H21N3O2. The maximum absolute atomic E-state index is 12.3. The van der Waals surface area contributed by atoms with E-state index < -0.39 is 0 Å². The van der Waals surface area contributed by atoms with E-state index in [0.717, 1.165) is 37.2 Å². The van der Waals surface area contributed by atoms with Gasteiger partial charge < -0.3 is 15.0 Å². The van der Waals surface area contributed by atoms with Gasteiger partial charge in [-0.05, 0) is 36.8 Å². The topological polar surface area (TPSA) is 69.2 Å². The number of aliphatic hydroxyl groups is 1. The van der Waals surface area contributed by atoms with Crippen LogP contribution in [0.15, 0.2) is 30.5 Å². The van der Waals surface area contributed by atoms with Gasteiger partial charge in [-0.1, -0.05) is 24.3 Å². The Hall–Kier alpha value is -2.14. The van der Waals surface area contributed by atoms with Gasteiger partial charge in [0.15, 0.2) is 5.82 Å². The van der Waals surface area contributed by atoms with Crippen molar-refractivity contribution in [2.24, 2.45) is 5.92 Å². The minimum atomic E-state index is -0.00812. The lowest BCUT2D eigenvalue weighted by Gasteiger charge is -2.15. The van der Waals surface area contributed by atoms with Gasteiger partial charge in [-0.25, -0.2) is 4.98 Å². The van der Waals surface area contributed by atoms with E-state index in [9.17, 15) is 4.79 Å². The molecule has 2 heterocycles. The molecule has 5 heteroatoms. The van der Waals surface area contributed by atoms with Crippen LogP contribution in [0, 0.1) is 12.8 Å². The Morgan fingerprint density at radius 3 is 2.73 bits per heavy atom. The Morgan fingerprint density at radius 1 is 1.36 bits per heavy atom. The number of H-pyrrole nitrogens is 1. The predicted molar refractivity (Wildman–Crippen MR) is 83.4 cm³/mol. The molecule has 0 saturated carbocycles. The van der Waals surface area contributed by atoms with Gasteiger partial charge in [0.25, 0.3) is 5.91 Å². The third-order valence-electron chi connectivity index (χ3n) is 4.21. The van der Waals surface area contributed by atoms with Crippen LogP contribution in [0.3, 0.4) is 0 Å². The highest BCUT2D eigenvalue weighted by Crippen LogP contribution is 2.22. The summed E-state index contributed by atoms with van der Waals surface area (Å²) in [5, 5.41) is 9.07. The van der Waals surface area contributed by atoms with Gasteiger partial charge in [0.05, 0.1) is 6.61 Å². The molecule has 2 N–H and O–H groups in total. The van der Waals surface area contributed by atoms with Crippen molar-refractivity contribution in [3.8, 4) is 0 Å². The highest BCUT2D eigenvalue weighted by Gasteiger charge is 2.28. The summed E-state index contributed by atoms with van der Waals surface area (Å²) in [5.74, 6) is 0.914. The maximum atomic E-state index is 12.3. The lowest BCUT2D eigenvalue weighted by molar-refractivity contribution is 0.0776. The Balaban J connectivity index is 1.58. The van der Waals surface area contributed by atoms with Gasteiger partial charge >= 0.3 is 0 Å². The van der Waals surface area contributed by atoms with Crippen molar-refractivity contribution >= 4 is 5.91 Å². The molecule has 1 amide bonds. The van der Waals surface area contributed by atoms with Crippen LogP contribution < -0.4 is 0 Å². The zero-order valence-corrected chi connectivity index (χ0v) is 12.7. The Kier molecular flexibility index (Phi) is 4.24. The molecule has 22 heavy (non-hydrogen) atoms. The Bertz CT molecular complexity index is 648. The molecule has 1 aromatic carbocycles. The van der Waals surface area contributed by atoms with E-state index in [1.54, 1.807) is 6.20 Å². The number of aliphatic hydroxyl groups excluding tert-OH is 1. The second kappa shape index (κ2) is 6.32. The molecule has 1 aromatic heterocycles. The van der Waals surface area contributed by atoms with Crippen molar-refractivity contribution < 1.29 is 9.90 Å². The molecule has 0 radical (unpaired) electrons. The summed E-state index contributed by atoms with van der Waals surface area (Å²) in [7, 11) is 0. The van der Waals surface area contributed by atoms with Crippen molar-refractivity contribution in [2.75, 3.05) is 13.1 Å². The van der Waals surface area contributed by atoms with Gasteiger partial charge in [0, 0.05) is 25.0 Å². The summed E-state index contributed by atoms with van der Waals surface area (Å²) in [6, 6.07) is 8.04. The molecule has 0 bridgehead atoms. The van der Waals surface area contributed by atoms with E-state index in [1.165, 1.54) is 5.56 Å². The number of carbonyl (C=O) groups is 1.